The molecular weight excluding hydrogens is 302 g/mol. The maximum Gasteiger partial charge on any atom is 0.339 e. The number of esters is 1. The smallest absolute Gasteiger partial charge is 0.339 e. The molecule has 2 aromatic rings. The lowest BCUT2D eigenvalue weighted by Crippen LogP contribution is -2.28. The Morgan fingerprint density at radius 1 is 1.18 bits per heavy atom. The average molecular weight is 319 g/mol. The topological polar surface area (TPSA) is 74.1 Å². The summed E-state index contributed by atoms with van der Waals surface area (Å²) >= 11 is 1.27. The fraction of sp³-hybridized carbons (Fsp3) is 0.333. The summed E-state index contributed by atoms with van der Waals surface area (Å²) in [6, 6.07) is 5.48. The first-order valence-electron chi connectivity index (χ1n) is 6.66. The molecule has 0 spiro atoms. The summed E-state index contributed by atoms with van der Waals surface area (Å²) in [4.78, 5) is 24.2. The van der Waals surface area contributed by atoms with Crippen LogP contribution < -0.4 is 5.56 Å². The van der Waals surface area contributed by atoms with Crippen LogP contribution in [0.15, 0.2) is 28.2 Å². The normalized spacial score (nSPS) is 10.5. The van der Waals surface area contributed by atoms with E-state index in [0.717, 1.165) is 11.1 Å². The van der Waals surface area contributed by atoms with E-state index in [9.17, 15) is 9.59 Å². The van der Waals surface area contributed by atoms with E-state index in [1.807, 2.05) is 19.9 Å². The van der Waals surface area contributed by atoms with Gasteiger partial charge in [-0.1, -0.05) is 29.0 Å². The van der Waals surface area contributed by atoms with E-state index < -0.39 is 5.97 Å². The number of rotatable bonds is 4. The summed E-state index contributed by atoms with van der Waals surface area (Å²) in [6.07, 6.45) is 1.78. The minimum Gasteiger partial charge on any atom is -0.440 e. The minimum absolute atomic E-state index is 0.183. The lowest BCUT2D eigenvalue weighted by atomic mass is 10.1. The van der Waals surface area contributed by atoms with E-state index in [1.165, 1.54) is 16.3 Å². The summed E-state index contributed by atoms with van der Waals surface area (Å²) in [5.74, 6) is -0.472. The Kier molecular flexibility index (Phi) is 4.97. The number of aryl methyl sites for hydroxylation is 3. The SMILES string of the molecule is CSc1nnc(C)c(=O)n1COC(=O)c1cc(C)cc(C)c1. The first-order chi connectivity index (χ1) is 10.4. The second-order valence-corrected chi connectivity index (χ2v) is 5.72. The third-order valence-corrected chi connectivity index (χ3v) is 3.70. The first-order valence-corrected chi connectivity index (χ1v) is 7.88. The molecule has 1 heterocycles. The number of hydrogen-bond acceptors (Lipinski definition) is 6. The highest BCUT2D eigenvalue weighted by molar-refractivity contribution is 7.98. The second-order valence-electron chi connectivity index (χ2n) is 4.94. The van der Waals surface area contributed by atoms with Crippen LogP contribution in [-0.2, 0) is 11.5 Å². The Balaban J connectivity index is 2.21. The van der Waals surface area contributed by atoms with Gasteiger partial charge in [-0.15, -0.1) is 10.2 Å². The largest absolute Gasteiger partial charge is 0.440 e. The van der Waals surface area contributed by atoms with Gasteiger partial charge in [0, 0.05) is 0 Å². The Labute approximate surface area is 132 Å². The van der Waals surface area contributed by atoms with Crippen molar-refractivity contribution in [1.29, 1.82) is 0 Å². The van der Waals surface area contributed by atoms with Crippen LogP contribution in [0.2, 0.25) is 0 Å². The van der Waals surface area contributed by atoms with Gasteiger partial charge < -0.3 is 4.74 Å². The lowest BCUT2D eigenvalue weighted by molar-refractivity contribution is 0.0344. The van der Waals surface area contributed by atoms with E-state index in [0.29, 0.717) is 10.7 Å². The summed E-state index contributed by atoms with van der Waals surface area (Å²) in [6.45, 7) is 5.21. The summed E-state index contributed by atoms with van der Waals surface area (Å²) in [7, 11) is 0. The van der Waals surface area contributed by atoms with Gasteiger partial charge in [0.05, 0.1) is 5.56 Å². The molecule has 0 atom stereocenters. The van der Waals surface area contributed by atoms with Crippen molar-refractivity contribution in [2.45, 2.75) is 32.7 Å². The van der Waals surface area contributed by atoms with Crippen LogP contribution >= 0.6 is 11.8 Å². The number of carbonyl (C=O) groups is 1. The van der Waals surface area contributed by atoms with Gasteiger partial charge in [0.1, 0.15) is 5.69 Å². The van der Waals surface area contributed by atoms with Gasteiger partial charge in [0.2, 0.25) is 0 Å². The van der Waals surface area contributed by atoms with Gasteiger partial charge in [-0.3, -0.25) is 4.79 Å². The third-order valence-electron chi connectivity index (χ3n) is 3.04. The lowest BCUT2D eigenvalue weighted by Gasteiger charge is -2.11. The van der Waals surface area contributed by atoms with E-state index >= 15 is 0 Å². The molecule has 0 bridgehead atoms. The molecule has 22 heavy (non-hydrogen) atoms. The number of benzene rings is 1. The molecule has 2 rings (SSSR count). The van der Waals surface area contributed by atoms with Crippen LogP contribution in [0, 0.1) is 20.8 Å². The second kappa shape index (κ2) is 6.74. The highest BCUT2D eigenvalue weighted by Gasteiger charge is 2.13. The van der Waals surface area contributed by atoms with Crippen molar-refractivity contribution in [2.24, 2.45) is 0 Å². The van der Waals surface area contributed by atoms with Crippen LogP contribution in [0.1, 0.15) is 27.2 Å². The number of thioether (sulfide) groups is 1. The predicted molar refractivity (Wildman–Crippen MR) is 84.1 cm³/mol. The van der Waals surface area contributed by atoms with Gasteiger partial charge in [0.15, 0.2) is 11.9 Å². The molecule has 0 N–H and O–H groups in total. The summed E-state index contributed by atoms with van der Waals surface area (Å²) in [5.41, 5.74) is 2.38. The van der Waals surface area contributed by atoms with Crippen molar-refractivity contribution >= 4 is 17.7 Å². The average Bonchev–Trinajstić information content (AvgIpc) is 2.47. The van der Waals surface area contributed by atoms with Crippen LogP contribution in [0.4, 0.5) is 0 Å². The zero-order valence-electron chi connectivity index (χ0n) is 12.9. The molecule has 7 heteroatoms. The maximum atomic E-state index is 12.1. The molecule has 1 aromatic heterocycles. The van der Waals surface area contributed by atoms with E-state index in [2.05, 4.69) is 10.2 Å². The van der Waals surface area contributed by atoms with Crippen LogP contribution in [-0.4, -0.2) is 27.0 Å². The zero-order chi connectivity index (χ0) is 16.3. The fourth-order valence-electron chi connectivity index (χ4n) is 2.06. The predicted octanol–water partition coefficient (Wildman–Crippen LogP) is 2.10. The molecule has 6 nitrogen and oxygen atoms in total. The van der Waals surface area contributed by atoms with Crippen LogP contribution in [0.25, 0.3) is 0 Å². The highest BCUT2D eigenvalue weighted by atomic mass is 32.2. The molecule has 0 aliphatic heterocycles. The molecule has 0 saturated heterocycles. The van der Waals surface area contributed by atoms with Gasteiger partial charge >= 0.3 is 5.97 Å². The molecule has 0 unspecified atom stereocenters. The van der Waals surface area contributed by atoms with Crippen LogP contribution in [0.3, 0.4) is 0 Å². The molecule has 0 radical (unpaired) electrons. The molecule has 1 aromatic carbocycles. The maximum absolute atomic E-state index is 12.1. The van der Waals surface area contributed by atoms with Crippen molar-refractivity contribution in [2.75, 3.05) is 6.26 Å². The van der Waals surface area contributed by atoms with Crippen molar-refractivity contribution in [1.82, 2.24) is 14.8 Å². The first kappa shape index (κ1) is 16.2. The zero-order valence-corrected chi connectivity index (χ0v) is 13.7. The van der Waals surface area contributed by atoms with Crippen molar-refractivity contribution < 1.29 is 9.53 Å². The third kappa shape index (κ3) is 3.54. The monoisotopic (exact) mass is 319 g/mol. The van der Waals surface area contributed by atoms with Crippen molar-refractivity contribution in [3.63, 3.8) is 0 Å². The summed E-state index contributed by atoms with van der Waals surface area (Å²) < 4.78 is 6.54. The standard InChI is InChI=1S/C15H17N3O3S/c1-9-5-10(2)7-12(6-9)14(20)21-8-18-13(19)11(3)16-17-15(18)22-4/h5-7H,8H2,1-4H3. The highest BCUT2D eigenvalue weighted by Crippen LogP contribution is 2.12. The van der Waals surface area contributed by atoms with E-state index in [-0.39, 0.29) is 18.0 Å². The van der Waals surface area contributed by atoms with Gasteiger partial charge in [0.25, 0.3) is 5.56 Å². The Hall–Kier alpha value is -2.15. The van der Waals surface area contributed by atoms with E-state index in [4.69, 9.17) is 4.74 Å². The van der Waals surface area contributed by atoms with Gasteiger partial charge in [-0.2, -0.15) is 0 Å². The number of nitrogens with zero attached hydrogens (tertiary/aromatic N) is 3. The molecule has 116 valence electrons. The van der Waals surface area contributed by atoms with Crippen LogP contribution in [0.5, 0.6) is 0 Å². The molecular formula is C15H17N3O3S. The fourth-order valence-corrected chi connectivity index (χ4v) is 2.54. The van der Waals surface area contributed by atoms with Gasteiger partial charge in [-0.25, -0.2) is 9.36 Å². The number of carbonyl (C=O) groups excluding carboxylic acids is 1. The molecule has 0 saturated carbocycles. The molecule has 0 aliphatic carbocycles. The Morgan fingerprint density at radius 2 is 1.82 bits per heavy atom. The number of ether oxygens (including phenoxy) is 1. The number of aromatic nitrogens is 3. The minimum atomic E-state index is -0.472. The van der Waals surface area contributed by atoms with Crippen molar-refractivity contribution in [3.8, 4) is 0 Å². The Morgan fingerprint density at radius 3 is 2.41 bits per heavy atom. The summed E-state index contributed by atoms with van der Waals surface area (Å²) in [5, 5.41) is 8.10. The number of hydrogen-bond donors (Lipinski definition) is 0. The molecule has 0 fully saturated rings. The Bertz CT molecular complexity index is 751. The quantitative estimate of drug-likeness (QED) is 0.634. The molecule has 0 aliphatic rings. The van der Waals surface area contributed by atoms with Gasteiger partial charge in [-0.05, 0) is 39.2 Å². The molecule has 0 amide bonds. The van der Waals surface area contributed by atoms with E-state index in [1.54, 1.807) is 25.3 Å². The van der Waals surface area contributed by atoms with Crippen molar-refractivity contribution in [3.05, 3.63) is 50.9 Å².